The third kappa shape index (κ3) is 3.08. The summed E-state index contributed by atoms with van der Waals surface area (Å²) < 4.78 is 1.12. The average molecular weight is 302 g/mol. The van der Waals surface area contributed by atoms with Crippen LogP contribution in [-0.2, 0) is 0 Å². The van der Waals surface area contributed by atoms with Crippen LogP contribution in [0, 0.1) is 9.49 Å². The standard InChI is InChI=1S/C12H15IO/c1-3-5-9(2)12(14)10-6-4-7-11(13)8-10/h4,6-9H,3,5H2,1-2H3. The van der Waals surface area contributed by atoms with Crippen LogP contribution < -0.4 is 0 Å². The van der Waals surface area contributed by atoms with E-state index in [1.165, 1.54) is 0 Å². The van der Waals surface area contributed by atoms with Gasteiger partial charge in [0.05, 0.1) is 0 Å². The molecule has 1 rings (SSSR count). The average Bonchev–Trinajstić information content (AvgIpc) is 2.17. The number of halogens is 1. The van der Waals surface area contributed by atoms with Gasteiger partial charge in [-0.3, -0.25) is 4.79 Å². The first-order valence-electron chi connectivity index (χ1n) is 4.95. The summed E-state index contributed by atoms with van der Waals surface area (Å²) >= 11 is 2.23. The molecule has 0 saturated heterocycles. The van der Waals surface area contributed by atoms with E-state index in [0.29, 0.717) is 0 Å². The monoisotopic (exact) mass is 302 g/mol. The van der Waals surface area contributed by atoms with Gasteiger partial charge >= 0.3 is 0 Å². The molecule has 0 aliphatic heterocycles. The summed E-state index contributed by atoms with van der Waals surface area (Å²) in [5, 5.41) is 0. The Morgan fingerprint density at radius 2 is 2.21 bits per heavy atom. The number of carbonyl (C=O) groups excluding carboxylic acids is 1. The zero-order chi connectivity index (χ0) is 10.6. The summed E-state index contributed by atoms with van der Waals surface area (Å²) in [6.07, 6.45) is 2.04. The molecule has 0 aromatic heterocycles. The zero-order valence-corrected chi connectivity index (χ0v) is 10.7. The Labute approximate surface area is 99.0 Å². The molecule has 14 heavy (non-hydrogen) atoms. The van der Waals surface area contributed by atoms with Gasteiger partial charge in [-0.25, -0.2) is 0 Å². The predicted molar refractivity (Wildman–Crippen MR) is 67.6 cm³/mol. The quantitative estimate of drug-likeness (QED) is 0.609. The van der Waals surface area contributed by atoms with Crippen molar-refractivity contribution in [2.24, 2.45) is 5.92 Å². The molecule has 0 bridgehead atoms. The molecular weight excluding hydrogens is 287 g/mol. The minimum atomic E-state index is 0.151. The lowest BCUT2D eigenvalue weighted by atomic mass is 9.95. The van der Waals surface area contributed by atoms with Crippen molar-refractivity contribution in [1.82, 2.24) is 0 Å². The highest BCUT2D eigenvalue weighted by atomic mass is 127. The number of hydrogen-bond acceptors (Lipinski definition) is 1. The summed E-state index contributed by atoms with van der Waals surface area (Å²) in [5.74, 6) is 0.420. The smallest absolute Gasteiger partial charge is 0.165 e. The van der Waals surface area contributed by atoms with E-state index in [4.69, 9.17) is 0 Å². The molecule has 0 spiro atoms. The SMILES string of the molecule is CCCC(C)C(=O)c1cccc(I)c1. The molecule has 2 heteroatoms. The van der Waals surface area contributed by atoms with Crippen molar-refractivity contribution in [1.29, 1.82) is 0 Å². The van der Waals surface area contributed by atoms with E-state index in [1.54, 1.807) is 0 Å². The van der Waals surface area contributed by atoms with E-state index in [-0.39, 0.29) is 11.7 Å². The number of ketones is 1. The molecule has 0 N–H and O–H groups in total. The van der Waals surface area contributed by atoms with Gasteiger partial charge in [0.15, 0.2) is 5.78 Å². The molecule has 1 aromatic rings. The van der Waals surface area contributed by atoms with Crippen LogP contribution in [0.1, 0.15) is 37.0 Å². The largest absolute Gasteiger partial charge is 0.294 e. The van der Waals surface area contributed by atoms with Gasteiger partial charge in [-0.15, -0.1) is 0 Å². The Morgan fingerprint density at radius 3 is 2.79 bits per heavy atom. The van der Waals surface area contributed by atoms with Gasteiger partial charge in [-0.1, -0.05) is 32.4 Å². The van der Waals surface area contributed by atoms with Crippen LogP contribution in [0.5, 0.6) is 0 Å². The summed E-state index contributed by atoms with van der Waals surface area (Å²) in [6, 6.07) is 7.79. The minimum absolute atomic E-state index is 0.151. The molecule has 1 nitrogen and oxygen atoms in total. The van der Waals surface area contributed by atoms with E-state index >= 15 is 0 Å². The number of Topliss-reactive ketones (excluding diaryl/α,β-unsaturated/α-hetero) is 1. The van der Waals surface area contributed by atoms with E-state index in [2.05, 4.69) is 29.5 Å². The fourth-order valence-electron chi connectivity index (χ4n) is 1.49. The fourth-order valence-corrected chi connectivity index (χ4v) is 2.03. The second-order valence-electron chi connectivity index (χ2n) is 3.56. The Balaban J connectivity index is 2.78. The van der Waals surface area contributed by atoms with Gasteiger partial charge in [-0.2, -0.15) is 0 Å². The number of benzene rings is 1. The Hall–Kier alpha value is -0.380. The molecule has 1 aromatic carbocycles. The van der Waals surface area contributed by atoms with Crippen LogP contribution in [-0.4, -0.2) is 5.78 Å². The fraction of sp³-hybridized carbons (Fsp3) is 0.417. The van der Waals surface area contributed by atoms with Crippen molar-refractivity contribution in [2.45, 2.75) is 26.7 Å². The van der Waals surface area contributed by atoms with Crippen LogP contribution in [0.2, 0.25) is 0 Å². The molecule has 0 amide bonds. The Morgan fingerprint density at radius 1 is 1.50 bits per heavy atom. The highest BCUT2D eigenvalue weighted by molar-refractivity contribution is 14.1. The maximum Gasteiger partial charge on any atom is 0.165 e. The Bertz CT molecular complexity index is 320. The highest BCUT2D eigenvalue weighted by Crippen LogP contribution is 2.15. The van der Waals surface area contributed by atoms with Gasteiger partial charge < -0.3 is 0 Å². The van der Waals surface area contributed by atoms with Crippen molar-refractivity contribution in [3.63, 3.8) is 0 Å². The maximum atomic E-state index is 11.9. The normalized spacial score (nSPS) is 12.5. The van der Waals surface area contributed by atoms with Crippen LogP contribution >= 0.6 is 22.6 Å². The van der Waals surface area contributed by atoms with Crippen LogP contribution in [0.4, 0.5) is 0 Å². The van der Waals surface area contributed by atoms with Crippen molar-refractivity contribution in [3.8, 4) is 0 Å². The topological polar surface area (TPSA) is 17.1 Å². The molecule has 0 radical (unpaired) electrons. The van der Waals surface area contributed by atoms with Crippen molar-refractivity contribution < 1.29 is 4.79 Å². The van der Waals surface area contributed by atoms with Crippen molar-refractivity contribution in [2.75, 3.05) is 0 Å². The van der Waals surface area contributed by atoms with Crippen LogP contribution in [0.25, 0.3) is 0 Å². The minimum Gasteiger partial charge on any atom is -0.294 e. The summed E-state index contributed by atoms with van der Waals surface area (Å²) in [4.78, 5) is 11.9. The molecule has 76 valence electrons. The third-order valence-corrected chi connectivity index (χ3v) is 2.95. The highest BCUT2D eigenvalue weighted by Gasteiger charge is 2.13. The number of hydrogen-bond donors (Lipinski definition) is 0. The lowest BCUT2D eigenvalue weighted by Gasteiger charge is -2.08. The lowest BCUT2D eigenvalue weighted by Crippen LogP contribution is -2.10. The van der Waals surface area contributed by atoms with E-state index < -0.39 is 0 Å². The number of carbonyl (C=O) groups is 1. The zero-order valence-electron chi connectivity index (χ0n) is 8.59. The van der Waals surface area contributed by atoms with Crippen molar-refractivity contribution >= 4 is 28.4 Å². The molecule has 1 unspecified atom stereocenters. The predicted octanol–water partition coefficient (Wildman–Crippen LogP) is 3.91. The van der Waals surface area contributed by atoms with Crippen molar-refractivity contribution in [3.05, 3.63) is 33.4 Å². The summed E-state index contributed by atoms with van der Waals surface area (Å²) in [5.41, 5.74) is 0.845. The molecular formula is C12H15IO. The molecule has 0 aliphatic carbocycles. The van der Waals surface area contributed by atoms with Gasteiger partial charge in [0.2, 0.25) is 0 Å². The molecule has 0 aliphatic rings. The first-order valence-corrected chi connectivity index (χ1v) is 6.02. The molecule has 0 saturated carbocycles. The number of rotatable bonds is 4. The lowest BCUT2D eigenvalue weighted by molar-refractivity contribution is 0.0923. The summed E-state index contributed by atoms with van der Waals surface area (Å²) in [6.45, 7) is 4.12. The van der Waals surface area contributed by atoms with Crippen LogP contribution in [0.3, 0.4) is 0 Å². The van der Waals surface area contributed by atoms with Gasteiger partial charge in [-0.05, 0) is 41.1 Å². The first-order chi connectivity index (χ1) is 6.65. The van der Waals surface area contributed by atoms with Crippen LogP contribution in [0.15, 0.2) is 24.3 Å². The second kappa shape index (κ2) is 5.49. The third-order valence-electron chi connectivity index (χ3n) is 2.28. The molecule has 1 atom stereocenters. The molecule has 0 fully saturated rings. The van der Waals surface area contributed by atoms with Gasteiger partial charge in [0.25, 0.3) is 0 Å². The summed E-state index contributed by atoms with van der Waals surface area (Å²) in [7, 11) is 0. The first kappa shape index (κ1) is 11.7. The Kier molecular flexibility index (Phi) is 4.58. The maximum absolute atomic E-state index is 11.9. The molecule has 0 heterocycles. The van der Waals surface area contributed by atoms with E-state index in [1.807, 2.05) is 31.2 Å². The van der Waals surface area contributed by atoms with E-state index in [0.717, 1.165) is 22.0 Å². The second-order valence-corrected chi connectivity index (χ2v) is 4.81. The van der Waals surface area contributed by atoms with E-state index in [9.17, 15) is 4.79 Å². The van der Waals surface area contributed by atoms with Gasteiger partial charge in [0.1, 0.15) is 0 Å². The van der Waals surface area contributed by atoms with Gasteiger partial charge in [0, 0.05) is 15.1 Å².